The standard InChI is InChI=1S/C24H28N2O4S2/c1-24(2,3)13-9-10-14-17(11-13)32-22(20(14)23(29)30-4)26-19(27)12-18-21(28)25-15-7-5-6-8-16(15)31-18/h5-8,13,18H,9-12H2,1-4H3,(H,25,28)(H,26,27)/t13-,18+/m0/s1. The van der Waals surface area contributed by atoms with E-state index < -0.39 is 11.2 Å². The monoisotopic (exact) mass is 472 g/mol. The van der Waals surface area contributed by atoms with Crippen molar-refractivity contribution in [3.63, 3.8) is 0 Å². The number of carbonyl (C=O) groups excluding carboxylic acids is 3. The first-order valence-electron chi connectivity index (χ1n) is 10.8. The molecular weight excluding hydrogens is 444 g/mol. The van der Waals surface area contributed by atoms with Crippen molar-refractivity contribution < 1.29 is 19.1 Å². The van der Waals surface area contributed by atoms with E-state index in [1.54, 1.807) is 0 Å². The summed E-state index contributed by atoms with van der Waals surface area (Å²) in [6, 6.07) is 7.55. The van der Waals surface area contributed by atoms with Crippen LogP contribution in [0.25, 0.3) is 0 Å². The van der Waals surface area contributed by atoms with Crippen molar-refractivity contribution in [1.82, 2.24) is 0 Å². The Morgan fingerprint density at radius 1 is 1.25 bits per heavy atom. The van der Waals surface area contributed by atoms with Crippen LogP contribution in [0.4, 0.5) is 10.7 Å². The van der Waals surface area contributed by atoms with Gasteiger partial charge in [0.1, 0.15) is 5.00 Å². The number of rotatable bonds is 4. The molecule has 0 radical (unpaired) electrons. The van der Waals surface area contributed by atoms with Crippen LogP contribution in [0, 0.1) is 11.3 Å². The molecule has 1 aromatic carbocycles. The highest BCUT2D eigenvalue weighted by Gasteiger charge is 2.35. The molecule has 170 valence electrons. The van der Waals surface area contributed by atoms with Crippen LogP contribution < -0.4 is 10.6 Å². The third kappa shape index (κ3) is 4.57. The van der Waals surface area contributed by atoms with Gasteiger partial charge in [0, 0.05) is 16.2 Å². The molecule has 4 rings (SSSR count). The molecule has 1 aliphatic heterocycles. The largest absolute Gasteiger partial charge is 0.465 e. The quantitative estimate of drug-likeness (QED) is 0.603. The summed E-state index contributed by atoms with van der Waals surface area (Å²) in [7, 11) is 1.36. The highest BCUT2D eigenvalue weighted by molar-refractivity contribution is 8.01. The molecule has 2 atom stereocenters. The summed E-state index contributed by atoms with van der Waals surface area (Å²) in [4.78, 5) is 40.0. The van der Waals surface area contributed by atoms with Gasteiger partial charge in [0.05, 0.1) is 23.6 Å². The number of carbonyl (C=O) groups is 3. The lowest BCUT2D eigenvalue weighted by molar-refractivity contribution is -0.120. The van der Waals surface area contributed by atoms with E-state index in [0.717, 1.165) is 40.3 Å². The van der Waals surface area contributed by atoms with Crippen molar-refractivity contribution >= 4 is 51.6 Å². The lowest BCUT2D eigenvalue weighted by Crippen LogP contribution is -2.32. The average Bonchev–Trinajstić information content (AvgIpc) is 3.09. The number of hydrogen-bond acceptors (Lipinski definition) is 6. The predicted octanol–water partition coefficient (Wildman–Crippen LogP) is 5.13. The van der Waals surface area contributed by atoms with E-state index in [1.807, 2.05) is 24.3 Å². The molecule has 0 saturated heterocycles. The van der Waals surface area contributed by atoms with Crippen molar-refractivity contribution in [3.05, 3.63) is 40.3 Å². The van der Waals surface area contributed by atoms with Gasteiger partial charge in [0.25, 0.3) is 0 Å². The van der Waals surface area contributed by atoms with Crippen LogP contribution in [0.5, 0.6) is 0 Å². The average molecular weight is 473 g/mol. The predicted molar refractivity (Wildman–Crippen MR) is 129 cm³/mol. The van der Waals surface area contributed by atoms with Crippen LogP contribution in [0.2, 0.25) is 0 Å². The second-order valence-electron chi connectivity index (χ2n) is 9.35. The molecule has 2 aliphatic rings. The van der Waals surface area contributed by atoms with Crippen LogP contribution in [-0.4, -0.2) is 30.1 Å². The Bertz CT molecular complexity index is 1070. The van der Waals surface area contributed by atoms with Crippen LogP contribution in [-0.2, 0) is 27.2 Å². The summed E-state index contributed by atoms with van der Waals surface area (Å²) in [5.41, 5.74) is 2.42. The number of nitrogens with one attached hydrogen (secondary N) is 2. The third-order valence-electron chi connectivity index (χ3n) is 6.21. The Hall–Kier alpha value is -2.32. The number of hydrogen-bond donors (Lipinski definition) is 2. The summed E-state index contributed by atoms with van der Waals surface area (Å²) in [5.74, 6) is -0.375. The number of anilines is 2. The zero-order valence-corrected chi connectivity index (χ0v) is 20.4. The van der Waals surface area contributed by atoms with Crippen molar-refractivity contribution in [3.8, 4) is 0 Å². The molecule has 0 bridgehead atoms. The lowest BCUT2D eigenvalue weighted by Gasteiger charge is -2.33. The number of ether oxygens (including phenoxy) is 1. The number of para-hydroxylation sites is 1. The molecule has 0 unspecified atom stereocenters. The highest BCUT2D eigenvalue weighted by atomic mass is 32.2. The minimum absolute atomic E-state index is 0.0264. The maximum Gasteiger partial charge on any atom is 0.341 e. The molecule has 2 aromatic rings. The maximum atomic E-state index is 12.9. The van der Waals surface area contributed by atoms with Gasteiger partial charge >= 0.3 is 5.97 Å². The Morgan fingerprint density at radius 3 is 2.72 bits per heavy atom. The van der Waals surface area contributed by atoms with E-state index in [1.165, 1.54) is 30.2 Å². The fourth-order valence-corrected chi connectivity index (χ4v) is 6.75. The molecule has 32 heavy (non-hydrogen) atoms. The van der Waals surface area contributed by atoms with Crippen LogP contribution in [0.3, 0.4) is 0 Å². The number of amides is 2. The molecule has 1 aliphatic carbocycles. The molecule has 8 heteroatoms. The van der Waals surface area contributed by atoms with Crippen molar-refractivity contribution in [2.45, 2.75) is 56.6 Å². The summed E-state index contributed by atoms with van der Waals surface area (Å²) >= 11 is 2.85. The Labute approximate surface area is 196 Å². The molecular formula is C24H28N2O4S2. The second kappa shape index (κ2) is 8.90. The summed E-state index contributed by atoms with van der Waals surface area (Å²) in [6.07, 6.45) is 2.72. The number of thiophene rings is 1. The van der Waals surface area contributed by atoms with E-state index >= 15 is 0 Å². The topological polar surface area (TPSA) is 84.5 Å². The Balaban J connectivity index is 1.53. The molecule has 2 amide bonds. The van der Waals surface area contributed by atoms with Gasteiger partial charge in [0.15, 0.2) is 0 Å². The van der Waals surface area contributed by atoms with E-state index in [0.29, 0.717) is 16.5 Å². The highest BCUT2D eigenvalue weighted by Crippen LogP contribution is 2.44. The van der Waals surface area contributed by atoms with Gasteiger partial charge in [-0.15, -0.1) is 23.1 Å². The number of methoxy groups -OCH3 is 1. The van der Waals surface area contributed by atoms with Gasteiger partial charge in [-0.05, 0) is 48.3 Å². The van der Waals surface area contributed by atoms with E-state index in [-0.39, 0.29) is 23.7 Å². The van der Waals surface area contributed by atoms with Crippen LogP contribution in [0.1, 0.15) is 54.4 Å². The van der Waals surface area contributed by atoms with Crippen molar-refractivity contribution in [2.75, 3.05) is 17.7 Å². The fraction of sp³-hybridized carbons (Fsp3) is 0.458. The minimum Gasteiger partial charge on any atom is -0.465 e. The molecule has 2 heterocycles. The third-order valence-corrected chi connectivity index (χ3v) is 8.65. The first-order valence-corrected chi connectivity index (χ1v) is 12.5. The van der Waals surface area contributed by atoms with Crippen LogP contribution in [0.15, 0.2) is 29.2 Å². The van der Waals surface area contributed by atoms with Gasteiger partial charge in [-0.3, -0.25) is 9.59 Å². The van der Waals surface area contributed by atoms with Crippen molar-refractivity contribution in [2.24, 2.45) is 11.3 Å². The zero-order valence-electron chi connectivity index (χ0n) is 18.7. The number of benzene rings is 1. The molecule has 1 aromatic heterocycles. The van der Waals surface area contributed by atoms with Gasteiger partial charge in [-0.2, -0.15) is 0 Å². The van der Waals surface area contributed by atoms with Gasteiger partial charge < -0.3 is 15.4 Å². The molecule has 6 nitrogen and oxygen atoms in total. The van der Waals surface area contributed by atoms with Crippen molar-refractivity contribution in [1.29, 1.82) is 0 Å². The van der Waals surface area contributed by atoms with E-state index in [2.05, 4.69) is 31.4 Å². The number of esters is 1. The lowest BCUT2D eigenvalue weighted by atomic mass is 9.72. The van der Waals surface area contributed by atoms with Gasteiger partial charge in [0.2, 0.25) is 11.8 Å². The smallest absolute Gasteiger partial charge is 0.341 e. The Kier molecular flexibility index (Phi) is 6.36. The van der Waals surface area contributed by atoms with E-state index in [4.69, 9.17) is 4.74 Å². The Morgan fingerprint density at radius 2 is 2.00 bits per heavy atom. The molecule has 0 fully saturated rings. The van der Waals surface area contributed by atoms with Crippen LogP contribution >= 0.6 is 23.1 Å². The second-order valence-corrected chi connectivity index (χ2v) is 11.7. The van der Waals surface area contributed by atoms with E-state index in [9.17, 15) is 14.4 Å². The zero-order chi connectivity index (χ0) is 23.0. The normalized spacial score (nSPS) is 20.1. The maximum absolute atomic E-state index is 12.9. The summed E-state index contributed by atoms with van der Waals surface area (Å²) in [6.45, 7) is 6.72. The fourth-order valence-electron chi connectivity index (χ4n) is 4.30. The first-order chi connectivity index (χ1) is 15.2. The molecule has 0 spiro atoms. The molecule has 0 saturated carbocycles. The minimum atomic E-state index is -0.522. The number of fused-ring (bicyclic) bond motifs is 2. The van der Waals surface area contributed by atoms with Gasteiger partial charge in [-0.25, -0.2) is 4.79 Å². The SMILES string of the molecule is COC(=O)c1c(NC(=O)C[C@H]2Sc3ccccc3NC2=O)sc2c1CC[C@H](C(C)(C)C)C2. The molecule has 2 N–H and O–H groups in total. The summed E-state index contributed by atoms with van der Waals surface area (Å²) < 4.78 is 5.03. The summed E-state index contributed by atoms with van der Waals surface area (Å²) in [5, 5.41) is 5.79. The van der Waals surface area contributed by atoms with Gasteiger partial charge in [-0.1, -0.05) is 32.9 Å². The first kappa shape index (κ1) is 22.9. The number of thioether (sulfide) groups is 1.